The molecule has 2 aliphatic rings. The molecule has 0 aromatic heterocycles. The van der Waals surface area contributed by atoms with Crippen LogP contribution in [-0.2, 0) is 27.6 Å². The van der Waals surface area contributed by atoms with Crippen molar-refractivity contribution in [2.45, 2.75) is 43.5 Å². The summed E-state index contributed by atoms with van der Waals surface area (Å²) in [7, 11) is -3.47. The number of halogens is 2. The molecule has 0 radical (unpaired) electrons. The van der Waals surface area contributed by atoms with E-state index in [0.29, 0.717) is 32.5 Å². The number of amides is 1. The molecule has 1 aromatic rings. The van der Waals surface area contributed by atoms with Crippen LogP contribution in [0.5, 0.6) is 0 Å². The summed E-state index contributed by atoms with van der Waals surface area (Å²) < 4.78 is 23.4. The van der Waals surface area contributed by atoms with Crippen LogP contribution < -0.4 is 10.6 Å². The van der Waals surface area contributed by atoms with Gasteiger partial charge < -0.3 is 10.6 Å². The number of nitrogens with one attached hydrogen (secondary N) is 2. The van der Waals surface area contributed by atoms with Gasteiger partial charge >= 0.3 is 0 Å². The number of piperidine rings is 1. The van der Waals surface area contributed by atoms with Crippen LogP contribution in [0.15, 0.2) is 24.3 Å². The Bertz CT molecular complexity index is 767. The lowest BCUT2D eigenvalue weighted by atomic mass is 9.95. The maximum absolute atomic E-state index is 12.8. The molecule has 0 bridgehead atoms. The molecule has 9 heteroatoms. The zero-order valence-corrected chi connectivity index (χ0v) is 18.9. The number of carbonyl (C=O) groups is 1. The molecule has 0 spiro atoms. The van der Waals surface area contributed by atoms with Gasteiger partial charge in [-0.3, -0.25) is 9.69 Å². The van der Waals surface area contributed by atoms with Gasteiger partial charge in [0.25, 0.3) is 0 Å². The highest BCUT2D eigenvalue weighted by Crippen LogP contribution is 2.28. The quantitative estimate of drug-likeness (QED) is 0.709. The molecule has 1 unspecified atom stereocenters. The smallest absolute Gasteiger partial charge is 0.241 e. The van der Waals surface area contributed by atoms with Gasteiger partial charge in [-0.25, -0.2) is 8.42 Å². The minimum atomic E-state index is -3.47. The number of sulfone groups is 1. The number of carbonyl (C=O) groups excluding carboxylic acids is 1. The summed E-state index contributed by atoms with van der Waals surface area (Å²) in [6, 6.07) is 8.61. The zero-order chi connectivity index (χ0) is 18.8. The van der Waals surface area contributed by atoms with Gasteiger partial charge in [0, 0.05) is 31.9 Å². The Hall–Kier alpha value is -0.860. The summed E-state index contributed by atoms with van der Waals surface area (Å²) in [5, 5.41) is 6.07. The Morgan fingerprint density at radius 2 is 1.82 bits per heavy atom. The van der Waals surface area contributed by atoms with Crippen LogP contribution in [0.25, 0.3) is 0 Å². The van der Waals surface area contributed by atoms with Crippen LogP contribution in [0.4, 0.5) is 0 Å². The number of rotatable bonds is 5. The van der Waals surface area contributed by atoms with Crippen LogP contribution in [-0.4, -0.2) is 62.4 Å². The van der Waals surface area contributed by atoms with Crippen LogP contribution >= 0.6 is 24.8 Å². The molecule has 3 rings (SSSR count). The number of benzene rings is 1. The summed E-state index contributed by atoms with van der Waals surface area (Å²) in [6.45, 7) is 5.48. The van der Waals surface area contributed by atoms with E-state index in [1.165, 1.54) is 17.4 Å². The predicted molar refractivity (Wildman–Crippen MR) is 117 cm³/mol. The highest BCUT2D eigenvalue weighted by Gasteiger charge is 2.48. The monoisotopic (exact) mass is 451 g/mol. The first-order valence-corrected chi connectivity index (χ1v) is 11.2. The average Bonchev–Trinajstić information content (AvgIpc) is 2.65. The van der Waals surface area contributed by atoms with Crippen molar-refractivity contribution < 1.29 is 13.2 Å². The summed E-state index contributed by atoms with van der Waals surface area (Å²) in [5.74, 6) is -0.342. The van der Waals surface area contributed by atoms with E-state index in [-0.39, 0.29) is 36.8 Å². The molecule has 0 aliphatic carbocycles. The molecular weight excluding hydrogens is 421 g/mol. The van der Waals surface area contributed by atoms with E-state index in [1.807, 2.05) is 0 Å². The second-order valence-corrected chi connectivity index (χ2v) is 9.89. The van der Waals surface area contributed by atoms with Gasteiger partial charge in [0.15, 0.2) is 14.6 Å². The van der Waals surface area contributed by atoms with Crippen molar-refractivity contribution in [2.24, 2.45) is 0 Å². The molecule has 28 heavy (non-hydrogen) atoms. The molecule has 2 heterocycles. The van der Waals surface area contributed by atoms with Crippen molar-refractivity contribution in [3.63, 3.8) is 0 Å². The number of hydrogen-bond donors (Lipinski definition) is 2. The number of nitrogens with zero attached hydrogens (tertiary/aromatic N) is 1. The lowest BCUT2D eigenvalue weighted by molar-refractivity contribution is -0.124. The van der Waals surface area contributed by atoms with Crippen molar-refractivity contribution in [1.29, 1.82) is 0 Å². The molecule has 6 nitrogen and oxygen atoms in total. The van der Waals surface area contributed by atoms with Crippen molar-refractivity contribution in [3.8, 4) is 0 Å². The van der Waals surface area contributed by atoms with E-state index in [2.05, 4.69) is 46.7 Å². The second kappa shape index (κ2) is 10.3. The van der Waals surface area contributed by atoms with Gasteiger partial charge in [0.1, 0.15) is 0 Å². The molecule has 1 atom stereocenters. The Balaban J connectivity index is 0.00000196. The normalized spacial score (nSPS) is 20.1. The van der Waals surface area contributed by atoms with E-state index in [9.17, 15) is 13.2 Å². The van der Waals surface area contributed by atoms with Crippen molar-refractivity contribution >= 4 is 40.6 Å². The van der Waals surface area contributed by atoms with Crippen molar-refractivity contribution in [1.82, 2.24) is 15.5 Å². The Kier molecular flexibility index (Phi) is 9.22. The summed E-state index contributed by atoms with van der Waals surface area (Å²) in [4.78, 5) is 15.2. The second-order valence-electron chi connectivity index (χ2n) is 7.56. The van der Waals surface area contributed by atoms with Crippen LogP contribution in [0.2, 0.25) is 0 Å². The molecule has 1 saturated heterocycles. The van der Waals surface area contributed by atoms with E-state index in [0.717, 1.165) is 19.5 Å². The maximum Gasteiger partial charge on any atom is 0.241 e. The molecule has 1 fully saturated rings. The fraction of sp³-hybridized carbons (Fsp3) is 0.632. The van der Waals surface area contributed by atoms with Crippen molar-refractivity contribution in [3.05, 3.63) is 35.4 Å². The Morgan fingerprint density at radius 3 is 2.43 bits per heavy atom. The lowest BCUT2D eigenvalue weighted by Gasteiger charge is -2.36. The Morgan fingerprint density at radius 1 is 1.21 bits per heavy atom. The first-order chi connectivity index (χ1) is 12.3. The third-order valence-corrected chi connectivity index (χ3v) is 7.89. The van der Waals surface area contributed by atoms with Gasteiger partial charge in [-0.2, -0.15) is 0 Å². The van der Waals surface area contributed by atoms with E-state index in [1.54, 1.807) is 0 Å². The third kappa shape index (κ3) is 5.19. The standard InChI is InChI=1S/C19H29N3O3S.2ClH/c1-15(22-12-7-16-5-3-4-6-17(16)14-22)13-21-18(23)19(26(2,24)25)8-10-20-11-9-19;;/h3-6,15,20H,7-14H2,1-2H3,(H,21,23);2*1H. The van der Waals surface area contributed by atoms with Gasteiger partial charge in [0.05, 0.1) is 0 Å². The van der Waals surface area contributed by atoms with Crippen LogP contribution in [0.3, 0.4) is 0 Å². The van der Waals surface area contributed by atoms with Crippen molar-refractivity contribution in [2.75, 3.05) is 32.4 Å². The lowest BCUT2D eigenvalue weighted by Crippen LogP contribution is -2.58. The van der Waals surface area contributed by atoms with Gasteiger partial charge in [-0.15, -0.1) is 24.8 Å². The molecule has 2 N–H and O–H groups in total. The van der Waals surface area contributed by atoms with E-state index in [4.69, 9.17) is 0 Å². The largest absolute Gasteiger partial charge is 0.353 e. The summed E-state index contributed by atoms with van der Waals surface area (Å²) in [6.07, 6.45) is 2.86. The molecule has 2 aliphatic heterocycles. The number of fused-ring (bicyclic) bond motifs is 1. The average molecular weight is 452 g/mol. The minimum Gasteiger partial charge on any atom is -0.353 e. The fourth-order valence-electron chi connectivity index (χ4n) is 4.02. The SMILES string of the molecule is CC(CNC(=O)C1(S(C)(=O)=O)CCNCC1)N1CCc2ccccc2C1.Cl.Cl. The fourth-order valence-corrected chi connectivity index (χ4v) is 5.38. The highest BCUT2D eigenvalue weighted by molar-refractivity contribution is 7.92. The number of hydrogen-bond acceptors (Lipinski definition) is 5. The summed E-state index contributed by atoms with van der Waals surface area (Å²) in [5.41, 5.74) is 2.73. The Labute approximate surface area is 180 Å². The molecule has 0 saturated carbocycles. The molecular formula is C19H31Cl2N3O3S. The van der Waals surface area contributed by atoms with Gasteiger partial charge in [-0.1, -0.05) is 24.3 Å². The topological polar surface area (TPSA) is 78.5 Å². The van der Waals surface area contributed by atoms with Crippen LogP contribution in [0.1, 0.15) is 30.9 Å². The maximum atomic E-state index is 12.8. The van der Waals surface area contributed by atoms with E-state index < -0.39 is 14.6 Å². The zero-order valence-electron chi connectivity index (χ0n) is 16.4. The van der Waals surface area contributed by atoms with Gasteiger partial charge in [-0.05, 0) is 50.4 Å². The third-order valence-electron chi connectivity index (χ3n) is 5.88. The van der Waals surface area contributed by atoms with E-state index >= 15 is 0 Å². The first kappa shape index (κ1) is 25.2. The molecule has 1 amide bonds. The van der Waals surface area contributed by atoms with Gasteiger partial charge in [0.2, 0.25) is 5.91 Å². The highest BCUT2D eigenvalue weighted by atomic mass is 35.5. The minimum absolute atomic E-state index is 0. The summed E-state index contributed by atoms with van der Waals surface area (Å²) >= 11 is 0. The predicted octanol–water partition coefficient (Wildman–Crippen LogP) is 1.56. The van der Waals surface area contributed by atoms with Crippen LogP contribution in [0, 0.1) is 0 Å². The molecule has 160 valence electrons. The molecule has 1 aromatic carbocycles. The first-order valence-electron chi connectivity index (χ1n) is 9.33.